The molecule has 9 nitrogen and oxygen atoms in total. The summed E-state index contributed by atoms with van der Waals surface area (Å²) in [6, 6.07) is 12.2. The first kappa shape index (κ1) is 33.5. The van der Waals surface area contributed by atoms with Gasteiger partial charge in [-0.3, -0.25) is 9.52 Å². The molecule has 2 aromatic rings. The Hall–Kier alpha value is -2.66. The second-order valence-electron chi connectivity index (χ2n) is 10.0. The number of hydrogen-bond donors (Lipinski definition) is 4. The number of rotatable bonds is 20. The zero-order valence-corrected chi connectivity index (χ0v) is 25.0. The van der Waals surface area contributed by atoms with E-state index in [0.29, 0.717) is 25.2 Å². The number of aryl methyl sites for hydroxylation is 1. The van der Waals surface area contributed by atoms with Gasteiger partial charge in [-0.2, -0.15) is 0 Å². The number of aliphatic hydroxyl groups is 1. The number of carbonyl (C=O) groups excluding carboxylic acids is 1. The van der Waals surface area contributed by atoms with E-state index in [4.69, 9.17) is 4.74 Å². The number of hydrogen-bond acceptors (Lipinski definition) is 7. The second-order valence-corrected chi connectivity index (χ2v) is 11.8. The highest BCUT2D eigenvalue weighted by Crippen LogP contribution is 2.28. The Morgan fingerprint density at radius 1 is 0.975 bits per heavy atom. The van der Waals surface area contributed by atoms with Gasteiger partial charge in [-0.25, -0.2) is 8.42 Å². The molecule has 0 spiro atoms. The minimum absolute atomic E-state index is 0.0922. The molecule has 1 amide bonds. The van der Waals surface area contributed by atoms with Gasteiger partial charge in [-0.15, -0.1) is 0 Å². The molecule has 4 N–H and O–H groups in total. The van der Waals surface area contributed by atoms with Crippen molar-refractivity contribution in [1.29, 1.82) is 0 Å². The average Bonchev–Trinajstić information content (AvgIpc) is 2.93. The molecule has 2 aromatic carbocycles. The van der Waals surface area contributed by atoms with Crippen molar-refractivity contribution < 1.29 is 28.2 Å². The third-order valence-electron chi connectivity index (χ3n) is 6.74. The van der Waals surface area contributed by atoms with Gasteiger partial charge in [0.15, 0.2) is 0 Å². The number of aliphatic hydroxyl groups excluding tert-OH is 1. The number of amides is 1. The van der Waals surface area contributed by atoms with E-state index in [9.17, 15) is 23.4 Å². The zero-order chi connectivity index (χ0) is 29.4. The highest BCUT2D eigenvalue weighted by Gasteiger charge is 2.14. The number of nitrogens with one attached hydrogen (secondary N) is 2. The lowest BCUT2D eigenvalue weighted by Crippen LogP contribution is -2.30. The predicted octanol–water partition coefficient (Wildman–Crippen LogP) is 4.47. The summed E-state index contributed by atoms with van der Waals surface area (Å²) < 4.78 is 31.1. The number of carbonyl (C=O) groups is 1. The van der Waals surface area contributed by atoms with Gasteiger partial charge in [0, 0.05) is 31.9 Å². The van der Waals surface area contributed by atoms with Crippen LogP contribution in [0.4, 0.5) is 5.69 Å². The number of unbranched alkanes of at least 4 members (excludes halogenated alkanes) is 4. The summed E-state index contributed by atoms with van der Waals surface area (Å²) in [6.45, 7) is 7.48. The van der Waals surface area contributed by atoms with Gasteiger partial charge in [-0.1, -0.05) is 31.0 Å². The average molecular weight is 578 g/mol. The molecular formula is C30H47N3O6S. The van der Waals surface area contributed by atoms with E-state index >= 15 is 0 Å². The predicted molar refractivity (Wildman–Crippen MR) is 160 cm³/mol. The van der Waals surface area contributed by atoms with Crippen LogP contribution < -0.4 is 10.0 Å². The highest BCUT2D eigenvalue weighted by atomic mass is 32.2. The molecule has 0 aliphatic carbocycles. The Morgan fingerprint density at radius 3 is 2.35 bits per heavy atom. The molecule has 1 unspecified atom stereocenters. The maximum Gasteiger partial charge on any atom is 0.253 e. The molecule has 0 aliphatic heterocycles. The Kier molecular flexibility index (Phi) is 15.0. The first-order valence-electron chi connectivity index (χ1n) is 14.3. The van der Waals surface area contributed by atoms with E-state index in [0.717, 1.165) is 70.0 Å². The number of benzene rings is 2. The second kappa shape index (κ2) is 17.9. The summed E-state index contributed by atoms with van der Waals surface area (Å²) >= 11 is 0. The van der Waals surface area contributed by atoms with Crippen LogP contribution in [0.2, 0.25) is 0 Å². The molecular weight excluding hydrogens is 530 g/mol. The Bertz CT molecular complexity index is 1140. The summed E-state index contributed by atoms with van der Waals surface area (Å²) in [5.41, 5.74) is 2.74. The molecule has 224 valence electrons. The molecule has 0 saturated carbocycles. The number of nitrogens with zero attached hydrogens (tertiary/aromatic N) is 1. The smallest absolute Gasteiger partial charge is 0.253 e. The monoisotopic (exact) mass is 577 g/mol. The summed E-state index contributed by atoms with van der Waals surface area (Å²) in [7, 11) is -3.52. The lowest BCUT2D eigenvalue weighted by molar-refractivity contribution is 0.0773. The molecule has 40 heavy (non-hydrogen) atoms. The van der Waals surface area contributed by atoms with Gasteiger partial charge in [-0.05, 0) is 87.9 Å². The van der Waals surface area contributed by atoms with Crippen molar-refractivity contribution in [2.45, 2.75) is 64.8 Å². The van der Waals surface area contributed by atoms with Gasteiger partial charge in [0.05, 0.1) is 24.6 Å². The van der Waals surface area contributed by atoms with Crippen molar-refractivity contribution >= 4 is 21.6 Å². The van der Waals surface area contributed by atoms with Crippen molar-refractivity contribution in [3.63, 3.8) is 0 Å². The Morgan fingerprint density at radius 2 is 1.68 bits per heavy atom. The maximum atomic E-state index is 12.5. The quantitative estimate of drug-likeness (QED) is 0.135. The van der Waals surface area contributed by atoms with Gasteiger partial charge >= 0.3 is 0 Å². The number of aromatic hydroxyl groups is 1. The molecule has 0 heterocycles. The summed E-state index contributed by atoms with van der Waals surface area (Å²) in [6.07, 6.45) is 7.99. The van der Waals surface area contributed by atoms with Crippen LogP contribution in [0.3, 0.4) is 0 Å². The van der Waals surface area contributed by atoms with Crippen LogP contribution in [0.25, 0.3) is 0 Å². The van der Waals surface area contributed by atoms with Crippen LogP contribution in [0.15, 0.2) is 42.5 Å². The number of anilines is 1. The molecule has 0 saturated heterocycles. The van der Waals surface area contributed by atoms with E-state index in [-0.39, 0.29) is 30.0 Å². The standard InChI is InChI=1S/C30H47N3O6S/c1-4-33(5-2)30(36)26-15-12-14-24(21-26)13-8-11-20-39-19-10-7-6-9-18-31-28(23-34)25-16-17-29(35)27(22-25)32-40(3,37)38/h12,14-17,21-22,28,31-32,34-35H,4-11,13,18-20,23H2,1-3H3. The highest BCUT2D eigenvalue weighted by molar-refractivity contribution is 7.92. The van der Waals surface area contributed by atoms with Crippen molar-refractivity contribution in [3.05, 3.63) is 59.2 Å². The third-order valence-corrected chi connectivity index (χ3v) is 7.33. The molecule has 0 bridgehead atoms. The Labute approximate surface area is 240 Å². The van der Waals surface area contributed by atoms with E-state index in [1.165, 1.54) is 17.7 Å². The van der Waals surface area contributed by atoms with Crippen LogP contribution in [-0.4, -0.2) is 75.1 Å². The van der Waals surface area contributed by atoms with E-state index in [1.54, 1.807) is 6.07 Å². The minimum atomic E-state index is -3.52. The van der Waals surface area contributed by atoms with Crippen molar-refractivity contribution in [1.82, 2.24) is 10.2 Å². The van der Waals surface area contributed by atoms with Crippen LogP contribution in [0, 0.1) is 0 Å². The van der Waals surface area contributed by atoms with Gasteiger partial charge < -0.3 is 25.2 Å². The Balaban J connectivity index is 1.56. The summed E-state index contributed by atoms with van der Waals surface area (Å²) in [5.74, 6) is -0.0726. The maximum absolute atomic E-state index is 12.5. The SMILES string of the molecule is CCN(CC)C(=O)c1cccc(CCCCOCCCCCCNC(CO)c2ccc(O)c(NS(C)(=O)=O)c2)c1. The molecule has 0 aromatic heterocycles. The lowest BCUT2D eigenvalue weighted by atomic mass is 10.0. The van der Waals surface area contributed by atoms with Crippen LogP contribution >= 0.6 is 0 Å². The van der Waals surface area contributed by atoms with Gasteiger partial charge in [0.2, 0.25) is 10.0 Å². The van der Waals surface area contributed by atoms with Crippen LogP contribution in [0.1, 0.15) is 79.9 Å². The molecule has 2 rings (SSSR count). The number of ether oxygens (including phenoxy) is 1. The van der Waals surface area contributed by atoms with Crippen molar-refractivity contribution in [2.24, 2.45) is 0 Å². The number of sulfonamides is 1. The van der Waals surface area contributed by atoms with Crippen molar-refractivity contribution in [2.75, 3.05) is 50.4 Å². The zero-order valence-electron chi connectivity index (χ0n) is 24.2. The fourth-order valence-corrected chi connectivity index (χ4v) is 5.05. The van der Waals surface area contributed by atoms with Crippen molar-refractivity contribution in [3.8, 4) is 5.75 Å². The molecule has 10 heteroatoms. The molecule has 0 radical (unpaired) electrons. The third kappa shape index (κ3) is 12.2. The van der Waals surface area contributed by atoms with E-state index in [2.05, 4.69) is 16.1 Å². The van der Waals surface area contributed by atoms with Gasteiger partial charge in [0.1, 0.15) is 5.75 Å². The summed E-state index contributed by atoms with van der Waals surface area (Å²) in [5, 5.41) is 23.0. The topological polar surface area (TPSA) is 128 Å². The first-order chi connectivity index (χ1) is 19.2. The van der Waals surface area contributed by atoms with E-state index < -0.39 is 10.0 Å². The largest absolute Gasteiger partial charge is 0.506 e. The minimum Gasteiger partial charge on any atom is -0.506 e. The van der Waals surface area contributed by atoms with Crippen LogP contribution in [0.5, 0.6) is 5.75 Å². The van der Waals surface area contributed by atoms with Gasteiger partial charge in [0.25, 0.3) is 5.91 Å². The fraction of sp³-hybridized carbons (Fsp3) is 0.567. The van der Waals surface area contributed by atoms with E-state index in [1.807, 2.05) is 36.9 Å². The first-order valence-corrected chi connectivity index (χ1v) is 16.2. The molecule has 1 atom stereocenters. The fourth-order valence-electron chi connectivity index (χ4n) is 4.49. The lowest BCUT2D eigenvalue weighted by Gasteiger charge is -2.18. The number of phenols is 1. The number of phenolic OH excluding ortho intramolecular Hbond substituents is 1. The van der Waals surface area contributed by atoms with Crippen LogP contribution in [-0.2, 0) is 21.2 Å². The molecule has 0 aliphatic rings. The molecule has 0 fully saturated rings. The normalized spacial score (nSPS) is 12.3. The summed E-state index contributed by atoms with van der Waals surface area (Å²) in [4.78, 5) is 14.4.